The molecule has 0 aliphatic carbocycles. The fraction of sp³-hybridized carbons (Fsp3) is 0.200. The van der Waals surface area contributed by atoms with Gasteiger partial charge >= 0.3 is 0 Å². The van der Waals surface area contributed by atoms with Gasteiger partial charge in [-0.2, -0.15) is 0 Å². The summed E-state index contributed by atoms with van der Waals surface area (Å²) in [6.07, 6.45) is 0.735. The molecule has 0 radical (unpaired) electrons. The highest BCUT2D eigenvalue weighted by Gasteiger charge is 2.07. The lowest BCUT2D eigenvalue weighted by atomic mass is 10.0. The summed E-state index contributed by atoms with van der Waals surface area (Å²) in [4.78, 5) is 0. The van der Waals surface area contributed by atoms with Crippen LogP contribution >= 0.6 is 11.6 Å². The smallest absolute Gasteiger partial charge is 0.232 e. The number of halogens is 1. The van der Waals surface area contributed by atoms with Crippen molar-refractivity contribution in [3.05, 3.63) is 64.7 Å². The largest absolute Gasteiger partial charge is 0.284 e. The van der Waals surface area contributed by atoms with Crippen molar-refractivity contribution < 1.29 is 8.42 Å². The van der Waals surface area contributed by atoms with Gasteiger partial charge in [-0.1, -0.05) is 35.9 Å². The van der Waals surface area contributed by atoms with Crippen molar-refractivity contribution in [1.82, 2.24) is 0 Å². The minimum Gasteiger partial charge on any atom is -0.284 e. The number of sulfonamides is 1. The monoisotopic (exact) mass is 309 g/mol. The first kappa shape index (κ1) is 14.9. The molecule has 0 spiro atoms. The Morgan fingerprint density at radius 2 is 1.75 bits per heavy atom. The molecular weight excluding hydrogens is 294 g/mol. The number of hydrogen-bond donors (Lipinski definition) is 1. The standard InChI is InChI=1S/C15H16ClNO2S/c1-2-20(18,19)17-15-5-3-4-13(11-15)10-12-6-8-14(16)9-7-12/h3-9,11,17H,2,10H2,1H3. The number of benzene rings is 2. The number of nitrogens with one attached hydrogen (secondary N) is 1. The van der Waals surface area contributed by atoms with Crippen LogP contribution in [0.2, 0.25) is 5.02 Å². The van der Waals surface area contributed by atoms with E-state index in [-0.39, 0.29) is 5.75 Å². The van der Waals surface area contributed by atoms with E-state index in [0.717, 1.165) is 17.5 Å². The van der Waals surface area contributed by atoms with Gasteiger partial charge in [0.2, 0.25) is 10.0 Å². The van der Waals surface area contributed by atoms with Crippen molar-refractivity contribution in [2.75, 3.05) is 10.5 Å². The first-order valence-corrected chi connectivity index (χ1v) is 8.35. The van der Waals surface area contributed by atoms with Gasteiger partial charge in [-0.25, -0.2) is 8.42 Å². The van der Waals surface area contributed by atoms with Gasteiger partial charge in [0, 0.05) is 10.7 Å². The summed E-state index contributed by atoms with van der Waals surface area (Å²) in [5.41, 5.74) is 2.77. The molecule has 0 fully saturated rings. The molecule has 106 valence electrons. The number of hydrogen-bond acceptors (Lipinski definition) is 2. The van der Waals surface area contributed by atoms with Gasteiger partial charge in [0.15, 0.2) is 0 Å². The average molecular weight is 310 g/mol. The second kappa shape index (κ2) is 6.29. The zero-order valence-electron chi connectivity index (χ0n) is 11.1. The van der Waals surface area contributed by atoms with E-state index in [0.29, 0.717) is 10.7 Å². The quantitative estimate of drug-likeness (QED) is 0.915. The molecule has 0 aliphatic heterocycles. The van der Waals surface area contributed by atoms with Gasteiger partial charge in [-0.15, -0.1) is 0 Å². The SMILES string of the molecule is CCS(=O)(=O)Nc1cccc(Cc2ccc(Cl)cc2)c1. The van der Waals surface area contributed by atoms with E-state index in [1.165, 1.54) is 0 Å². The van der Waals surface area contributed by atoms with Crippen molar-refractivity contribution in [2.24, 2.45) is 0 Å². The van der Waals surface area contributed by atoms with Crippen LogP contribution in [0.5, 0.6) is 0 Å². The summed E-state index contributed by atoms with van der Waals surface area (Å²) >= 11 is 5.85. The predicted octanol–water partition coefficient (Wildman–Crippen LogP) is 3.69. The van der Waals surface area contributed by atoms with Crippen molar-refractivity contribution in [2.45, 2.75) is 13.3 Å². The molecule has 2 aromatic carbocycles. The average Bonchev–Trinajstić information content (AvgIpc) is 2.41. The molecular formula is C15H16ClNO2S. The lowest BCUT2D eigenvalue weighted by Gasteiger charge is -2.08. The Morgan fingerprint density at radius 3 is 2.40 bits per heavy atom. The molecule has 3 nitrogen and oxygen atoms in total. The minimum atomic E-state index is -3.24. The topological polar surface area (TPSA) is 46.2 Å². The maximum absolute atomic E-state index is 11.6. The van der Waals surface area contributed by atoms with Crippen LogP contribution in [0.4, 0.5) is 5.69 Å². The molecule has 0 aromatic heterocycles. The van der Waals surface area contributed by atoms with Crippen molar-refractivity contribution in [3.63, 3.8) is 0 Å². The summed E-state index contributed by atoms with van der Waals surface area (Å²) in [6.45, 7) is 1.61. The van der Waals surface area contributed by atoms with Gasteiger partial charge in [0.05, 0.1) is 5.75 Å². The Kier molecular flexibility index (Phi) is 4.68. The predicted molar refractivity (Wildman–Crippen MR) is 83.8 cm³/mol. The molecule has 0 saturated heterocycles. The summed E-state index contributed by atoms with van der Waals surface area (Å²) in [5.74, 6) is 0.0639. The molecule has 0 atom stereocenters. The van der Waals surface area contributed by atoms with E-state index in [2.05, 4.69) is 4.72 Å². The molecule has 0 saturated carbocycles. The van der Waals surface area contributed by atoms with E-state index in [9.17, 15) is 8.42 Å². The van der Waals surface area contributed by atoms with Crippen LogP contribution in [0, 0.1) is 0 Å². The van der Waals surface area contributed by atoms with E-state index in [1.54, 1.807) is 13.0 Å². The number of anilines is 1. The highest BCUT2D eigenvalue weighted by atomic mass is 35.5. The molecule has 20 heavy (non-hydrogen) atoms. The highest BCUT2D eigenvalue weighted by molar-refractivity contribution is 7.92. The molecule has 0 bridgehead atoms. The second-order valence-corrected chi connectivity index (χ2v) is 6.96. The van der Waals surface area contributed by atoms with Crippen molar-refractivity contribution >= 4 is 27.3 Å². The van der Waals surface area contributed by atoms with Gasteiger partial charge < -0.3 is 0 Å². The zero-order chi connectivity index (χ0) is 14.6. The highest BCUT2D eigenvalue weighted by Crippen LogP contribution is 2.17. The summed E-state index contributed by atoms with van der Waals surface area (Å²) < 4.78 is 25.7. The first-order chi connectivity index (χ1) is 9.48. The van der Waals surface area contributed by atoms with Gasteiger partial charge in [-0.3, -0.25) is 4.72 Å². The van der Waals surface area contributed by atoms with Crippen LogP contribution in [0.15, 0.2) is 48.5 Å². The Balaban J connectivity index is 2.15. The van der Waals surface area contributed by atoms with E-state index in [4.69, 9.17) is 11.6 Å². The van der Waals surface area contributed by atoms with Crippen LogP contribution in [0.25, 0.3) is 0 Å². The summed E-state index contributed by atoms with van der Waals surface area (Å²) in [6, 6.07) is 15.0. The minimum absolute atomic E-state index is 0.0639. The third-order valence-electron chi connectivity index (χ3n) is 2.90. The zero-order valence-corrected chi connectivity index (χ0v) is 12.7. The molecule has 1 N–H and O–H groups in total. The normalized spacial score (nSPS) is 11.3. The Bertz CT molecular complexity index is 681. The van der Waals surface area contributed by atoms with Crippen molar-refractivity contribution in [3.8, 4) is 0 Å². The van der Waals surface area contributed by atoms with Gasteiger partial charge in [-0.05, 0) is 48.7 Å². The van der Waals surface area contributed by atoms with Gasteiger partial charge in [0.25, 0.3) is 0 Å². The lowest BCUT2D eigenvalue weighted by Crippen LogP contribution is -2.14. The molecule has 0 amide bonds. The molecule has 5 heteroatoms. The Labute approximate surface area is 124 Å². The van der Waals surface area contributed by atoms with E-state index >= 15 is 0 Å². The molecule has 2 aromatic rings. The first-order valence-electron chi connectivity index (χ1n) is 6.32. The lowest BCUT2D eigenvalue weighted by molar-refractivity contribution is 0.602. The van der Waals surface area contributed by atoms with E-state index in [1.807, 2.05) is 42.5 Å². The van der Waals surface area contributed by atoms with Crippen LogP contribution in [0.3, 0.4) is 0 Å². The third-order valence-corrected chi connectivity index (χ3v) is 4.46. The van der Waals surface area contributed by atoms with Crippen LogP contribution in [0.1, 0.15) is 18.1 Å². The van der Waals surface area contributed by atoms with Crippen LogP contribution in [-0.2, 0) is 16.4 Å². The molecule has 0 unspecified atom stereocenters. The fourth-order valence-electron chi connectivity index (χ4n) is 1.83. The van der Waals surface area contributed by atoms with Crippen LogP contribution in [-0.4, -0.2) is 14.2 Å². The molecule has 2 rings (SSSR count). The molecule has 0 aliphatic rings. The van der Waals surface area contributed by atoms with Crippen LogP contribution < -0.4 is 4.72 Å². The number of rotatable bonds is 5. The van der Waals surface area contributed by atoms with E-state index < -0.39 is 10.0 Å². The fourth-order valence-corrected chi connectivity index (χ4v) is 2.59. The Morgan fingerprint density at radius 1 is 1.05 bits per heavy atom. The Hall–Kier alpha value is -1.52. The van der Waals surface area contributed by atoms with Crippen molar-refractivity contribution in [1.29, 1.82) is 0 Å². The maximum Gasteiger partial charge on any atom is 0.232 e. The third kappa shape index (κ3) is 4.25. The molecule has 0 heterocycles. The summed E-state index contributed by atoms with van der Waals surface area (Å²) in [5, 5.41) is 0.707. The second-order valence-electron chi connectivity index (χ2n) is 4.51. The van der Waals surface area contributed by atoms with Gasteiger partial charge in [0.1, 0.15) is 0 Å². The maximum atomic E-state index is 11.6. The summed E-state index contributed by atoms with van der Waals surface area (Å²) in [7, 11) is -3.24.